The molecule has 18 atom stereocenters. The average Bonchev–Trinajstić information content (AvgIpc) is 3.68. The second-order valence-corrected chi connectivity index (χ2v) is 15.3. The van der Waals surface area contributed by atoms with Gasteiger partial charge in [0.15, 0.2) is 12.6 Å². The summed E-state index contributed by atoms with van der Waals surface area (Å²) in [7, 11) is 0. The second kappa shape index (κ2) is 14.2. The molecule has 13 nitrogen and oxygen atoms in total. The van der Waals surface area contributed by atoms with Crippen LogP contribution in [-0.2, 0) is 38.0 Å². The molecule has 8 unspecified atom stereocenters. The first-order valence-corrected chi connectivity index (χ1v) is 17.2. The van der Waals surface area contributed by atoms with E-state index in [1.54, 1.807) is 55.4 Å². The number of ether oxygens (including phenoxy) is 6. The fourth-order valence-electron chi connectivity index (χ4n) is 8.02. The van der Waals surface area contributed by atoms with Gasteiger partial charge in [0.25, 0.3) is 0 Å². The molecule has 0 aromatic carbocycles. The topological polar surface area (TPSA) is 194 Å². The minimum Gasteiger partial charge on any atom is -0.462 e. The number of carbonyl (C=O) groups excluding carboxylic acids is 2. The molecular formula is C34H58O13. The predicted octanol–water partition coefficient (Wildman–Crippen LogP) is 1.81. The third-order valence-corrected chi connectivity index (χ3v) is 11.0. The zero-order valence-corrected chi connectivity index (χ0v) is 29.5. The number of esters is 1. The summed E-state index contributed by atoms with van der Waals surface area (Å²) in [6.45, 7) is 16.7. The molecule has 0 aromatic heterocycles. The molecule has 0 amide bonds. The Hall–Kier alpha value is -1.26. The van der Waals surface area contributed by atoms with Crippen molar-refractivity contribution in [1.82, 2.24) is 0 Å². The molecule has 4 rings (SSSR count). The van der Waals surface area contributed by atoms with Gasteiger partial charge in [-0.2, -0.15) is 0 Å². The third-order valence-electron chi connectivity index (χ3n) is 11.0. The number of carbonyl (C=O) groups is 2. The Labute approximate surface area is 278 Å². The Morgan fingerprint density at radius 2 is 1.38 bits per heavy atom. The summed E-state index contributed by atoms with van der Waals surface area (Å²) >= 11 is 0. The standard InChI is InChI=1S/C34H58O13/c1-11-22-16(3)26(36)17(4)25(35)15(2)12-33(10,40)29(46-24-14-34(41)30(47-34)21(8)43-24)18(5)27(19(6)31(38)44-22)45-23-13-32(9,39)28(37)20(7)42-23/h15-24,26-30,36-37,39-41H,11-14H2,1-10H3/t15-,16+,17+,18+,19-,20?,21?,22-,23?,24?,26+,27+,28?,29-,30?,32?,33-,34?/m1/s1. The Balaban J connectivity index is 1.76. The molecule has 0 aromatic rings. The minimum atomic E-state index is -1.72. The van der Waals surface area contributed by atoms with Gasteiger partial charge in [0, 0.05) is 30.1 Å². The molecule has 272 valence electrons. The van der Waals surface area contributed by atoms with Crippen LogP contribution in [0, 0.1) is 29.6 Å². The molecule has 4 fully saturated rings. The maximum absolute atomic E-state index is 13.9. The van der Waals surface area contributed by atoms with Gasteiger partial charge >= 0.3 is 5.97 Å². The van der Waals surface area contributed by atoms with Crippen LogP contribution in [0.1, 0.15) is 94.9 Å². The van der Waals surface area contributed by atoms with Crippen LogP contribution >= 0.6 is 0 Å². The van der Waals surface area contributed by atoms with Crippen molar-refractivity contribution in [2.24, 2.45) is 29.6 Å². The van der Waals surface area contributed by atoms with Gasteiger partial charge in [-0.25, -0.2) is 0 Å². The number of ketones is 1. The van der Waals surface area contributed by atoms with E-state index in [1.807, 2.05) is 6.92 Å². The van der Waals surface area contributed by atoms with E-state index in [9.17, 15) is 35.1 Å². The normalized spacial score (nSPS) is 53.5. The molecule has 13 heteroatoms. The Bertz CT molecular complexity index is 1110. The van der Waals surface area contributed by atoms with Crippen molar-refractivity contribution in [3.8, 4) is 0 Å². The zero-order chi connectivity index (χ0) is 35.4. The highest BCUT2D eigenvalue weighted by Crippen LogP contribution is 2.47. The molecule has 4 aliphatic heterocycles. The van der Waals surface area contributed by atoms with Crippen molar-refractivity contribution in [3.05, 3.63) is 0 Å². The minimum absolute atomic E-state index is 0.0256. The first-order chi connectivity index (χ1) is 21.6. The van der Waals surface area contributed by atoms with Crippen molar-refractivity contribution in [2.75, 3.05) is 0 Å². The van der Waals surface area contributed by atoms with Gasteiger partial charge in [0.1, 0.15) is 24.1 Å². The maximum atomic E-state index is 13.9. The van der Waals surface area contributed by atoms with Crippen molar-refractivity contribution in [3.63, 3.8) is 0 Å². The van der Waals surface area contributed by atoms with Crippen LogP contribution in [0.25, 0.3) is 0 Å². The van der Waals surface area contributed by atoms with E-state index >= 15 is 0 Å². The number of fused-ring (bicyclic) bond motifs is 1. The number of aliphatic hydroxyl groups excluding tert-OH is 2. The average molecular weight is 675 g/mol. The van der Waals surface area contributed by atoms with Crippen LogP contribution in [0.5, 0.6) is 0 Å². The number of hydrogen-bond acceptors (Lipinski definition) is 13. The molecule has 0 bridgehead atoms. The van der Waals surface area contributed by atoms with Gasteiger partial charge in [-0.05, 0) is 47.5 Å². The van der Waals surface area contributed by atoms with Gasteiger partial charge in [-0.15, -0.1) is 0 Å². The van der Waals surface area contributed by atoms with E-state index < -0.39 is 114 Å². The molecule has 0 saturated carbocycles. The number of epoxide rings is 1. The smallest absolute Gasteiger partial charge is 0.311 e. The lowest BCUT2D eigenvalue weighted by Crippen LogP contribution is -2.58. The van der Waals surface area contributed by atoms with Crippen molar-refractivity contribution in [2.45, 2.75) is 173 Å². The zero-order valence-electron chi connectivity index (χ0n) is 29.5. The molecule has 5 N–H and O–H groups in total. The Morgan fingerprint density at radius 3 is 1.96 bits per heavy atom. The number of aliphatic hydroxyl groups is 5. The summed E-state index contributed by atoms with van der Waals surface area (Å²) in [5, 5.41) is 55.7. The SMILES string of the molecule is CC[C@H]1OC(=O)[C@H](C)[C@@H](OC2CC(C)(O)C(O)C(C)O2)[C@H](C)[C@@H](OC2CC3(O)OC3C(C)O2)[C@](C)(O)C[C@@H](C)C(=O)[C@H](C)[C@@H](O)[C@H]1C. The molecule has 4 saturated heterocycles. The van der Waals surface area contributed by atoms with Crippen LogP contribution in [0.15, 0.2) is 0 Å². The van der Waals surface area contributed by atoms with E-state index in [1.165, 1.54) is 6.92 Å². The summed E-state index contributed by atoms with van der Waals surface area (Å²) in [6.07, 6.45) is -8.80. The lowest BCUT2D eigenvalue weighted by molar-refractivity contribution is -0.305. The number of rotatable bonds is 5. The van der Waals surface area contributed by atoms with Crippen LogP contribution in [-0.4, -0.2) is 116 Å². The van der Waals surface area contributed by atoms with Crippen molar-refractivity contribution in [1.29, 1.82) is 0 Å². The maximum Gasteiger partial charge on any atom is 0.311 e. The summed E-state index contributed by atoms with van der Waals surface area (Å²) in [6, 6.07) is 0. The molecule has 0 radical (unpaired) electrons. The van der Waals surface area contributed by atoms with Gasteiger partial charge in [-0.3, -0.25) is 9.59 Å². The molecular weight excluding hydrogens is 616 g/mol. The molecule has 4 heterocycles. The highest BCUT2D eigenvalue weighted by atomic mass is 16.8. The second-order valence-electron chi connectivity index (χ2n) is 15.3. The molecule has 47 heavy (non-hydrogen) atoms. The molecule has 0 spiro atoms. The predicted molar refractivity (Wildman–Crippen MR) is 166 cm³/mol. The van der Waals surface area contributed by atoms with E-state index in [0.717, 1.165) is 0 Å². The number of Topliss-reactive ketones (excluding diaryl/α,β-unsaturated/α-hetero) is 1. The highest BCUT2D eigenvalue weighted by Gasteiger charge is 2.64. The highest BCUT2D eigenvalue weighted by molar-refractivity contribution is 5.83. The largest absolute Gasteiger partial charge is 0.462 e. The lowest BCUT2D eigenvalue weighted by Gasteiger charge is -2.47. The summed E-state index contributed by atoms with van der Waals surface area (Å²) in [4.78, 5) is 27.5. The number of hydrogen-bond donors (Lipinski definition) is 5. The van der Waals surface area contributed by atoms with Gasteiger partial charge in [0.05, 0.1) is 54.1 Å². The first-order valence-electron chi connectivity index (χ1n) is 17.2. The van der Waals surface area contributed by atoms with Crippen LogP contribution < -0.4 is 0 Å². The quantitative estimate of drug-likeness (QED) is 0.210. The Morgan fingerprint density at radius 1 is 0.787 bits per heavy atom. The van der Waals surface area contributed by atoms with Crippen molar-refractivity contribution < 1.29 is 63.5 Å². The van der Waals surface area contributed by atoms with Gasteiger partial charge in [0.2, 0.25) is 5.79 Å². The fraction of sp³-hybridized carbons (Fsp3) is 0.941. The summed E-state index contributed by atoms with van der Waals surface area (Å²) in [5.74, 6) is -6.14. The third kappa shape index (κ3) is 8.05. The molecule has 4 aliphatic rings. The van der Waals surface area contributed by atoms with Gasteiger partial charge in [-0.1, -0.05) is 34.6 Å². The van der Waals surface area contributed by atoms with E-state index in [-0.39, 0.29) is 25.0 Å². The fourth-order valence-corrected chi connectivity index (χ4v) is 8.02. The van der Waals surface area contributed by atoms with Gasteiger partial charge < -0.3 is 54.0 Å². The monoisotopic (exact) mass is 674 g/mol. The summed E-state index contributed by atoms with van der Waals surface area (Å²) in [5.41, 5.74) is -3.27. The van der Waals surface area contributed by atoms with Crippen LogP contribution in [0.2, 0.25) is 0 Å². The van der Waals surface area contributed by atoms with E-state index in [4.69, 9.17) is 28.4 Å². The number of cyclic esters (lactones) is 1. The van der Waals surface area contributed by atoms with E-state index in [0.29, 0.717) is 6.42 Å². The lowest BCUT2D eigenvalue weighted by atomic mass is 9.74. The first kappa shape index (κ1) is 38.5. The Kier molecular flexibility index (Phi) is 11.6. The van der Waals surface area contributed by atoms with Crippen LogP contribution in [0.4, 0.5) is 0 Å². The van der Waals surface area contributed by atoms with E-state index in [2.05, 4.69) is 0 Å². The summed E-state index contributed by atoms with van der Waals surface area (Å²) < 4.78 is 36.4. The van der Waals surface area contributed by atoms with Crippen molar-refractivity contribution >= 4 is 11.8 Å². The van der Waals surface area contributed by atoms with Crippen LogP contribution in [0.3, 0.4) is 0 Å². The molecule has 0 aliphatic carbocycles.